The van der Waals surface area contributed by atoms with Crippen LogP contribution in [0.4, 0.5) is 5.82 Å². The van der Waals surface area contributed by atoms with Gasteiger partial charge < -0.3 is 4.90 Å². The fourth-order valence-electron chi connectivity index (χ4n) is 1.54. The summed E-state index contributed by atoms with van der Waals surface area (Å²) in [7, 11) is 1.96. The summed E-state index contributed by atoms with van der Waals surface area (Å²) in [5, 5.41) is 0.419. The molecule has 1 heterocycles. The largest absolute Gasteiger partial charge is 0.354 e. The quantitative estimate of drug-likeness (QED) is 0.731. The van der Waals surface area contributed by atoms with Crippen molar-refractivity contribution < 1.29 is 0 Å². The maximum atomic E-state index is 5.95. The molecule has 2 aromatic rings. The van der Waals surface area contributed by atoms with Gasteiger partial charge in [-0.15, -0.1) is 0 Å². The van der Waals surface area contributed by atoms with Crippen LogP contribution in [0.15, 0.2) is 39.5 Å². The van der Waals surface area contributed by atoms with E-state index in [0.29, 0.717) is 9.63 Å². The zero-order valence-electron chi connectivity index (χ0n) is 9.57. The molecule has 0 saturated carbocycles. The number of nitrogens with zero attached hydrogens (tertiary/aromatic N) is 3. The summed E-state index contributed by atoms with van der Waals surface area (Å²) in [4.78, 5) is 10.2. The molecule has 0 bridgehead atoms. The van der Waals surface area contributed by atoms with E-state index in [4.69, 9.17) is 11.6 Å². The second-order valence-corrected chi connectivity index (χ2v) is 5.85. The molecule has 1 aromatic carbocycles. The van der Waals surface area contributed by atoms with Crippen molar-refractivity contribution in [1.29, 1.82) is 0 Å². The molecular weight excluding hydrogens is 381 g/mol. The lowest BCUT2D eigenvalue weighted by atomic mass is 10.2. The van der Waals surface area contributed by atoms with Crippen molar-refractivity contribution in [2.24, 2.45) is 0 Å². The van der Waals surface area contributed by atoms with E-state index in [1.165, 1.54) is 11.9 Å². The van der Waals surface area contributed by atoms with Crippen LogP contribution in [0.1, 0.15) is 5.56 Å². The van der Waals surface area contributed by atoms with Crippen LogP contribution < -0.4 is 4.90 Å². The van der Waals surface area contributed by atoms with Gasteiger partial charge in [-0.1, -0.05) is 39.7 Å². The second-order valence-electron chi connectivity index (χ2n) is 3.78. The first kappa shape index (κ1) is 13.8. The molecule has 2 rings (SSSR count). The Hall–Kier alpha value is -0.650. The number of hydrogen-bond donors (Lipinski definition) is 0. The molecule has 0 saturated heterocycles. The Morgan fingerprint density at radius 1 is 1.17 bits per heavy atom. The summed E-state index contributed by atoms with van der Waals surface area (Å²) in [6, 6.07) is 8.17. The second kappa shape index (κ2) is 5.99. The molecule has 94 valence electrons. The first-order chi connectivity index (χ1) is 8.58. The summed E-state index contributed by atoms with van der Waals surface area (Å²) in [5.74, 6) is 0.776. The highest BCUT2D eigenvalue weighted by Crippen LogP contribution is 2.29. The van der Waals surface area contributed by atoms with Crippen LogP contribution in [0.3, 0.4) is 0 Å². The zero-order valence-corrected chi connectivity index (χ0v) is 13.5. The molecule has 3 nitrogen and oxygen atoms in total. The molecule has 0 atom stereocenters. The van der Waals surface area contributed by atoms with Gasteiger partial charge in [0, 0.05) is 18.1 Å². The number of aromatic nitrogens is 2. The molecule has 0 fully saturated rings. The smallest absolute Gasteiger partial charge is 0.148 e. The number of halogens is 3. The van der Waals surface area contributed by atoms with Gasteiger partial charge in [-0.3, -0.25) is 0 Å². The average Bonchev–Trinajstić information content (AvgIpc) is 2.35. The maximum absolute atomic E-state index is 5.95. The predicted molar refractivity (Wildman–Crippen MR) is 81.0 cm³/mol. The zero-order chi connectivity index (χ0) is 13.1. The summed E-state index contributed by atoms with van der Waals surface area (Å²) in [6.07, 6.45) is 1.46. The van der Waals surface area contributed by atoms with Gasteiger partial charge in [0.2, 0.25) is 0 Å². The Labute approximate surface area is 127 Å². The molecule has 0 N–H and O–H groups in total. The van der Waals surface area contributed by atoms with E-state index in [9.17, 15) is 0 Å². The number of rotatable bonds is 3. The molecule has 0 spiro atoms. The third kappa shape index (κ3) is 3.22. The van der Waals surface area contributed by atoms with Gasteiger partial charge >= 0.3 is 0 Å². The molecule has 0 aliphatic rings. The van der Waals surface area contributed by atoms with Crippen molar-refractivity contribution in [3.05, 3.63) is 50.3 Å². The minimum atomic E-state index is 0.419. The van der Waals surface area contributed by atoms with Gasteiger partial charge in [-0.25, -0.2) is 9.97 Å². The van der Waals surface area contributed by atoms with E-state index in [1.807, 2.05) is 24.1 Å². The lowest BCUT2D eigenvalue weighted by Crippen LogP contribution is -2.18. The molecule has 18 heavy (non-hydrogen) atoms. The first-order valence-corrected chi connectivity index (χ1v) is 7.16. The minimum Gasteiger partial charge on any atom is -0.354 e. The van der Waals surface area contributed by atoms with Crippen LogP contribution >= 0.6 is 43.5 Å². The van der Waals surface area contributed by atoms with E-state index in [2.05, 4.69) is 54.0 Å². The molecular formula is C12H10Br2ClN3. The van der Waals surface area contributed by atoms with Gasteiger partial charge in [0.1, 0.15) is 17.3 Å². The molecule has 0 unspecified atom stereocenters. The summed E-state index contributed by atoms with van der Waals surface area (Å²) in [6.45, 7) is 0.749. The Kier molecular flexibility index (Phi) is 4.59. The highest BCUT2D eigenvalue weighted by atomic mass is 79.9. The Morgan fingerprint density at radius 2 is 1.83 bits per heavy atom. The van der Waals surface area contributed by atoms with Gasteiger partial charge in [-0.05, 0) is 33.6 Å². The maximum Gasteiger partial charge on any atom is 0.148 e. The van der Waals surface area contributed by atoms with Crippen molar-refractivity contribution in [2.75, 3.05) is 11.9 Å². The fraction of sp³-hybridized carbons (Fsp3) is 0.167. The molecule has 0 aliphatic carbocycles. The Balaban J connectivity index is 2.19. The van der Waals surface area contributed by atoms with Crippen molar-refractivity contribution in [1.82, 2.24) is 9.97 Å². The van der Waals surface area contributed by atoms with Crippen molar-refractivity contribution in [2.45, 2.75) is 6.54 Å². The van der Waals surface area contributed by atoms with Crippen molar-refractivity contribution >= 4 is 49.3 Å². The highest BCUT2D eigenvalue weighted by Gasteiger charge is 2.11. The van der Waals surface area contributed by atoms with Gasteiger partial charge in [-0.2, -0.15) is 0 Å². The molecule has 6 heteroatoms. The standard InChI is InChI=1S/C12H10Br2ClN3/c1-18(6-8-2-4-9(13)5-3-8)12-10(14)11(15)16-7-17-12/h2-5,7H,6H2,1H3. The SMILES string of the molecule is CN(Cc1ccc(Br)cc1)c1ncnc(Cl)c1Br. The van der Waals surface area contributed by atoms with E-state index in [1.54, 1.807) is 0 Å². The summed E-state index contributed by atoms with van der Waals surface area (Å²) >= 11 is 12.8. The van der Waals surface area contributed by atoms with Crippen LogP contribution in [0, 0.1) is 0 Å². The predicted octanol–water partition coefficient (Wildman–Crippen LogP) is 4.29. The molecule has 0 amide bonds. The van der Waals surface area contributed by atoms with E-state index in [-0.39, 0.29) is 0 Å². The van der Waals surface area contributed by atoms with Crippen LogP contribution in [0.5, 0.6) is 0 Å². The lowest BCUT2D eigenvalue weighted by Gasteiger charge is -2.19. The van der Waals surface area contributed by atoms with Gasteiger partial charge in [0.05, 0.1) is 4.47 Å². The highest BCUT2D eigenvalue weighted by molar-refractivity contribution is 9.11. The van der Waals surface area contributed by atoms with E-state index < -0.39 is 0 Å². The summed E-state index contributed by atoms with van der Waals surface area (Å²) < 4.78 is 1.78. The van der Waals surface area contributed by atoms with Crippen molar-refractivity contribution in [3.8, 4) is 0 Å². The molecule has 0 radical (unpaired) electrons. The Bertz CT molecular complexity index is 546. The third-order valence-electron chi connectivity index (χ3n) is 2.42. The van der Waals surface area contributed by atoms with Crippen LogP contribution in [0.2, 0.25) is 5.15 Å². The number of anilines is 1. The molecule has 0 aliphatic heterocycles. The number of hydrogen-bond acceptors (Lipinski definition) is 3. The lowest BCUT2D eigenvalue weighted by molar-refractivity contribution is 0.886. The van der Waals surface area contributed by atoms with Gasteiger partial charge in [0.25, 0.3) is 0 Å². The van der Waals surface area contributed by atoms with E-state index >= 15 is 0 Å². The fourth-order valence-corrected chi connectivity index (χ4v) is 2.44. The normalized spacial score (nSPS) is 10.4. The summed E-state index contributed by atoms with van der Waals surface area (Å²) in [5.41, 5.74) is 1.20. The first-order valence-electron chi connectivity index (χ1n) is 5.19. The van der Waals surface area contributed by atoms with E-state index in [0.717, 1.165) is 16.8 Å². The Morgan fingerprint density at radius 3 is 2.50 bits per heavy atom. The molecule has 1 aromatic heterocycles. The van der Waals surface area contributed by atoms with Crippen LogP contribution in [0.25, 0.3) is 0 Å². The van der Waals surface area contributed by atoms with Crippen LogP contribution in [-0.4, -0.2) is 17.0 Å². The monoisotopic (exact) mass is 389 g/mol. The number of benzene rings is 1. The minimum absolute atomic E-state index is 0.419. The average molecular weight is 391 g/mol. The van der Waals surface area contributed by atoms with Gasteiger partial charge in [0.15, 0.2) is 0 Å². The van der Waals surface area contributed by atoms with Crippen molar-refractivity contribution in [3.63, 3.8) is 0 Å². The third-order valence-corrected chi connectivity index (χ3v) is 4.20. The van der Waals surface area contributed by atoms with Crippen LogP contribution in [-0.2, 0) is 6.54 Å². The topological polar surface area (TPSA) is 29.0 Å².